The zero-order chi connectivity index (χ0) is 21.7. The molecule has 2 aromatic heterocycles. The molecule has 1 aliphatic carbocycles. The summed E-state index contributed by atoms with van der Waals surface area (Å²) in [5.74, 6) is 0.371. The van der Waals surface area contributed by atoms with Crippen LogP contribution in [0.5, 0.6) is 0 Å². The molecule has 0 unspecified atom stereocenters. The lowest BCUT2D eigenvalue weighted by molar-refractivity contribution is -0.0608. The Bertz CT molecular complexity index is 924. The number of hydrogen-bond donors (Lipinski definition) is 0. The fraction of sp³-hybridized carbons (Fsp3) is 0.550. The molecule has 0 saturated heterocycles. The van der Waals surface area contributed by atoms with Gasteiger partial charge in [0.1, 0.15) is 11.4 Å². The molecule has 10 heteroatoms. The van der Waals surface area contributed by atoms with Gasteiger partial charge in [-0.2, -0.15) is 23.4 Å². The van der Waals surface area contributed by atoms with Crippen LogP contribution in [0.15, 0.2) is 21.8 Å². The topological polar surface area (TPSA) is 67.6 Å². The second-order valence-corrected chi connectivity index (χ2v) is 9.34. The Kier molecular flexibility index (Phi) is 7.51. The number of Topliss-reactive ketones (excluding diaryl/α,β-unsaturated/α-hetero) is 1. The molecule has 0 N–H and O–H groups in total. The minimum atomic E-state index is -4.49. The van der Waals surface area contributed by atoms with E-state index in [2.05, 4.69) is 20.2 Å². The van der Waals surface area contributed by atoms with E-state index in [1.165, 1.54) is 22.7 Å². The molecular formula is C20H23F3N4OS2. The van der Waals surface area contributed by atoms with Crippen LogP contribution in [0.3, 0.4) is 0 Å². The molecule has 1 fully saturated rings. The van der Waals surface area contributed by atoms with E-state index in [0.717, 1.165) is 27.7 Å². The van der Waals surface area contributed by atoms with Gasteiger partial charge in [0.15, 0.2) is 15.8 Å². The maximum absolute atomic E-state index is 13.0. The molecule has 0 bridgehead atoms. The third-order valence-corrected chi connectivity index (χ3v) is 6.63. The molecule has 0 spiro atoms. The van der Waals surface area contributed by atoms with Crippen molar-refractivity contribution in [2.75, 3.05) is 0 Å². The van der Waals surface area contributed by atoms with Crippen LogP contribution in [0.25, 0.3) is 10.0 Å². The number of halogens is 3. The lowest BCUT2D eigenvalue weighted by Gasteiger charge is -2.09. The molecule has 1 saturated carbocycles. The number of ketones is 1. The van der Waals surface area contributed by atoms with E-state index in [1.807, 2.05) is 5.38 Å². The summed E-state index contributed by atoms with van der Waals surface area (Å²) in [6, 6.07) is 0. The SMILES string of the molecule is CC(C)=N/N=C(/CCCCCC(=O)c1nc(-c2nccs2)sc1C1CC1)C(F)(F)F. The zero-order valence-corrected chi connectivity index (χ0v) is 18.5. The quantitative estimate of drug-likeness (QED) is 0.173. The van der Waals surface area contributed by atoms with E-state index in [-0.39, 0.29) is 18.6 Å². The first-order chi connectivity index (χ1) is 14.3. The molecule has 3 rings (SSSR count). The molecule has 30 heavy (non-hydrogen) atoms. The second kappa shape index (κ2) is 9.91. The molecule has 0 aliphatic heterocycles. The Balaban J connectivity index is 1.54. The minimum Gasteiger partial charge on any atom is -0.292 e. The van der Waals surface area contributed by atoms with Crippen LogP contribution >= 0.6 is 22.7 Å². The summed E-state index contributed by atoms with van der Waals surface area (Å²) in [5.41, 5.74) is 0.117. The number of carbonyl (C=O) groups is 1. The fourth-order valence-corrected chi connectivity index (χ4v) is 4.79. The van der Waals surface area contributed by atoms with Crippen molar-refractivity contribution in [1.29, 1.82) is 0 Å². The molecule has 1 aliphatic rings. The molecule has 162 valence electrons. The van der Waals surface area contributed by atoms with Gasteiger partial charge in [0.2, 0.25) is 0 Å². The molecule has 0 amide bonds. The van der Waals surface area contributed by atoms with Gasteiger partial charge in [0.25, 0.3) is 0 Å². The lowest BCUT2D eigenvalue weighted by atomic mass is 10.1. The van der Waals surface area contributed by atoms with E-state index >= 15 is 0 Å². The summed E-state index contributed by atoms with van der Waals surface area (Å²) in [5, 5.41) is 10.3. The Labute approximate surface area is 181 Å². The first-order valence-corrected chi connectivity index (χ1v) is 11.5. The normalized spacial score (nSPS) is 14.8. The number of nitrogens with zero attached hydrogens (tertiary/aromatic N) is 4. The van der Waals surface area contributed by atoms with Gasteiger partial charge in [-0.15, -0.1) is 22.7 Å². The van der Waals surface area contributed by atoms with Gasteiger partial charge in [0.05, 0.1) is 0 Å². The molecule has 2 heterocycles. The molecule has 2 aromatic rings. The number of carbonyl (C=O) groups excluding carboxylic acids is 1. The Hall–Kier alpha value is -1.94. The number of hydrogen-bond acceptors (Lipinski definition) is 7. The number of alkyl halides is 3. The minimum absolute atomic E-state index is 0.0353. The van der Waals surface area contributed by atoms with E-state index in [1.54, 1.807) is 20.0 Å². The molecule has 0 aromatic carbocycles. The van der Waals surface area contributed by atoms with Gasteiger partial charge in [-0.3, -0.25) is 4.79 Å². The van der Waals surface area contributed by atoms with E-state index in [0.29, 0.717) is 36.6 Å². The van der Waals surface area contributed by atoms with Crippen LogP contribution in [-0.4, -0.2) is 33.4 Å². The maximum Gasteiger partial charge on any atom is 0.431 e. The number of thiazole rings is 2. The largest absolute Gasteiger partial charge is 0.431 e. The van der Waals surface area contributed by atoms with Crippen molar-refractivity contribution in [2.45, 2.75) is 70.9 Å². The third-order valence-electron chi connectivity index (χ3n) is 4.50. The average molecular weight is 457 g/mol. The number of unbranched alkanes of at least 4 members (excludes halogenated alkanes) is 2. The summed E-state index contributed by atoms with van der Waals surface area (Å²) in [6.45, 7) is 3.19. The van der Waals surface area contributed by atoms with Crippen LogP contribution < -0.4 is 0 Å². The maximum atomic E-state index is 13.0. The van der Waals surface area contributed by atoms with Crippen molar-refractivity contribution in [1.82, 2.24) is 9.97 Å². The average Bonchev–Trinajstić information content (AvgIpc) is 3.18. The van der Waals surface area contributed by atoms with Gasteiger partial charge in [-0.25, -0.2) is 9.97 Å². The van der Waals surface area contributed by atoms with Gasteiger partial charge < -0.3 is 0 Å². The monoisotopic (exact) mass is 456 g/mol. The second-order valence-electron chi connectivity index (χ2n) is 7.42. The van der Waals surface area contributed by atoms with E-state index in [4.69, 9.17) is 0 Å². The smallest absolute Gasteiger partial charge is 0.292 e. The van der Waals surface area contributed by atoms with Crippen LogP contribution in [0, 0.1) is 0 Å². The van der Waals surface area contributed by atoms with Crippen molar-refractivity contribution in [2.24, 2.45) is 10.2 Å². The summed E-state index contributed by atoms with van der Waals surface area (Å²) in [6.07, 6.45) is 0.787. The van der Waals surface area contributed by atoms with Crippen LogP contribution in [-0.2, 0) is 0 Å². The standard InChI is InChI=1S/C20H23F3N4OS2/c1-12(2)26-27-15(20(21,22)23)7-5-3-4-6-14(28)16-17(13-8-9-13)30-19(25-16)18-24-10-11-29-18/h10-11,13H,3-9H2,1-2H3/b27-15-. The number of aromatic nitrogens is 2. The van der Waals surface area contributed by atoms with Crippen molar-refractivity contribution in [3.05, 3.63) is 22.1 Å². The lowest BCUT2D eigenvalue weighted by Crippen LogP contribution is -2.22. The highest BCUT2D eigenvalue weighted by atomic mass is 32.1. The molecule has 5 nitrogen and oxygen atoms in total. The first-order valence-electron chi connectivity index (χ1n) is 9.84. The van der Waals surface area contributed by atoms with Gasteiger partial charge in [-0.1, -0.05) is 6.42 Å². The van der Waals surface area contributed by atoms with Crippen LogP contribution in [0.4, 0.5) is 13.2 Å². The van der Waals surface area contributed by atoms with Crippen LogP contribution in [0.1, 0.15) is 80.1 Å². The molecule has 0 radical (unpaired) electrons. The Morgan fingerprint density at radius 1 is 1.13 bits per heavy atom. The third kappa shape index (κ3) is 6.28. The van der Waals surface area contributed by atoms with E-state index < -0.39 is 11.9 Å². The summed E-state index contributed by atoms with van der Waals surface area (Å²) >= 11 is 3.03. The van der Waals surface area contributed by atoms with Crippen molar-refractivity contribution < 1.29 is 18.0 Å². The summed E-state index contributed by atoms with van der Waals surface area (Å²) in [4.78, 5) is 22.6. The highest BCUT2D eigenvalue weighted by Gasteiger charge is 2.35. The van der Waals surface area contributed by atoms with Crippen molar-refractivity contribution in [3.63, 3.8) is 0 Å². The van der Waals surface area contributed by atoms with Crippen molar-refractivity contribution in [3.8, 4) is 10.0 Å². The first kappa shape index (κ1) is 22.7. The predicted octanol–water partition coefficient (Wildman–Crippen LogP) is 6.68. The molecular weight excluding hydrogens is 433 g/mol. The summed E-state index contributed by atoms with van der Waals surface area (Å²) in [7, 11) is 0. The Morgan fingerprint density at radius 3 is 2.47 bits per heavy atom. The van der Waals surface area contributed by atoms with Gasteiger partial charge in [0, 0.05) is 28.6 Å². The Morgan fingerprint density at radius 2 is 1.87 bits per heavy atom. The molecule has 0 atom stereocenters. The number of rotatable bonds is 10. The highest BCUT2D eigenvalue weighted by molar-refractivity contribution is 7.20. The van der Waals surface area contributed by atoms with E-state index in [9.17, 15) is 18.0 Å². The fourth-order valence-electron chi connectivity index (χ4n) is 2.86. The summed E-state index contributed by atoms with van der Waals surface area (Å²) < 4.78 is 39.0. The highest BCUT2D eigenvalue weighted by Crippen LogP contribution is 2.46. The van der Waals surface area contributed by atoms with Crippen LogP contribution in [0.2, 0.25) is 0 Å². The van der Waals surface area contributed by atoms with Gasteiger partial charge >= 0.3 is 6.18 Å². The zero-order valence-electron chi connectivity index (χ0n) is 16.8. The predicted molar refractivity (Wildman–Crippen MR) is 115 cm³/mol. The van der Waals surface area contributed by atoms with Crippen molar-refractivity contribution >= 4 is 39.9 Å². The van der Waals surface area contributed by atoms with Gasteiger partial charge in [-0.05, 0) is 51.9 Å².